The van der Waals surface area contributed by atoms with Crippen LogP contribution >= 0.6 is 0 Å². The van der Waals surface area contributed by atoms with Crippen molar-refractivity contribution in [2.45, 2.75) is 297 Å². The molecule has 6 heteroatoms. The van der Waals surface area contributed by atoms with E-state index in [4.69, 9.17) is 14.2 Å². The van der Waals surface area contributed by atoms with Crippen molar-refractivity contribution in [3.63, 3.8) is 0 Å². The van der Waals surface area contributed by atoms with Crippen molar-refractivity contribution in [1.82, 2.24) is 0 Å². The van der Waals surface area contributed by atoms with E-state index in [1.54, 1.807) is 0 Å². The fraction of sp³-hybridized carbons (Fsp3) is 0.814. The maximum atomic E-state index is 12.8. The van der Waals surface area contributed by atoms with Gasteiger partial charge in [-0.1, -0.05) is 275 Å². The number of carbonyl (C=O) groups is 3. The smallest absolute Gasteiger partial charge is 0.306 e. The number of ether oxygens (including phenoxy) is 3. The quantitative estimate of drug-likeness (QED) is 0.0262. The zero-order chi connectivity index (χ0) is 47.2. The van der Waals surface area contributed by atoms with Crippen LogP contribution in [0.25, 0.3) is 0 Å². The molecule has 65 heavy (non-hydrogen) atoms. The summed E-state index contributed by atoms with van der Waals surface area (Å²) in [5.41, 5.74) is 0. The molecule has 0 N–H and O–H groups in total. The predicted molar refractivity (Wildman–Crippen MR) is 279 cm³/mol. The molecule has 6 nitrogen and oxygen atoms in total. The molecule has 0 radical (unpaired) electrons. The molecule has 0 aliphatic rings. The van der Waals surface area contributed by atoms with Crippen molar-refractivity contribution >= 4 is 17.9 Å². The Labute approximate surface area is 403 Å². The Morgan fingerprint density at radius 3 is 0.892 bits per heavy atom. The number of allylic oxidation sites excluding steroid dienone is 8. The van der Waals surface area contributed by atoms with Crippen LogP contribution in [0.1, 0.15) is 290 Å². The highest BCUT2D eigenvalue weighted by Gasteiger charge is 2.19. The molecule has 0 aromatic heterocycles. The maximum absolute atomic E-state index is 12.8. The fourth-order valence-corrected chi connectivity index (χ4v) is 8.16. The lowest BCUT2D eigenvalue weighted by molar-refractivity contribution is -0.167. The van der Waals surface area contributed by atoms with Gasteiger partial charge >= 0.3 is 17.9 Å². The number of unbranched alkanes of at least 4 members (excludes halogenated alkanes) is 35. The molecule has 0 aliphatic heterocycles. The first-order valence-electron chi connectivity index (χ1n) is 28.2. The summed E-state index contributed by atoms with van der Waals surface area (Å²) < 4.78 is 16.8. The number of carbonyl (C=O) groups excluding carboxylic acids is 3. The monoisotopic (exact) mass is 911 g/mol. The standard InChI is InChI=1S/C59H106O6/c1-4-7-10-13-16-19-22-25-28-29-30-32-34-37-40-43-46-49-52-58(61)64-55-56(54-63-57(60)51-48-45-42-39-36-33-27-24-21-18-15-12-9-6-3)65-59(62)53-50-47-44-41-38-35-31-26-23-20-17-14-11-8-5-2/h16,19,22,25,28-30,32,56H,4-15,17-18,20-21,23-24,26-27,31,33-55H2,1-3H3/b19-16-,25-22-,29-28-,32-30-. The predicted octanol–water partition coefficient (Wildman–Crippen LogP) is 18.7. The second-order valence-corrected chi connectivity index (χ2v) is 19.0. The van der Waals surface area contributed by atoms with Gasteiger partial charge in [-0.25, -0.2) is 0 Å². The molecule has 0 rings (SSSR count). The van der Waals surface area contributed by atoms with Crippen LogP contribution in [0.2, 0.25) is 0 Å². The van der Waals surface area contributed by atoms with Gasteiger partial charge in [0.1, 0.15) is 13.2 Å². The van der Waals surface area contributed by atoms with E-state index in [9.17, 15) is 14.4 Å². The van der Waals surface area contributed by atoms with Crippen LogP contribution in [0, 0.1) is 0 Å². The highest BCUT2D eigenvalue weighted by Crippen LogP contribution is 2.16. The van der Waals surface area contributed by atoms with Gasteiger partial charge < -0.3 is 14.2 Å². The van der Waals surface area contributed by atoms with Gasteiger partial charge in [-0.3, -0.25) is 14.4 Å². The van der Waals surface area contributed by atoms with E-state index in [1.165, 1.54) is 167 Å². The number of hydrogen-bond donors (Lipinski definition) is 0. The van der Waals surface area contributed by atoms with Crippen LogP contribution in [0.15, 0.2) is 48.6 Å². The summed E-state index contributed by atoms with van der Waals surface area (Å²) in [5, 5.41) is 0. The molecule has 0 fully saturated rings. The lowest BCUT2D eigenvalue weighted by Crippen LogP contribution is -2.30. The largest absolute Gasteiger partial charge is 0.462 e. The molecule has 1 atom stereocenters. The Hall–Kier alpha value is -2.63. The van der Waals surface area contributed by atoms with Crippen LogP contribution < -0.4 is 0 Å². The van der Waals surface area contributed by atoms with E-state index >= 15 is 0 Å². The third-order valence-electron chi connectivity index (χ3n) is 12.4. The minimum absolute atomic E-state index is 0.0766. The minimum atomic E-state index is -0.779. The van der Waals surface area contributed by atoms with Gasteiger partial charge in [0.05, 0.1) is 0 Å². The molecule has 0 spiro atoms. The molecule has 0 heterocycles. The van der Waals surface area contributed by atoms with Crippen molar-refractivity contribution in [2.24, 2.45) is 0 Å². The van der Waals surface area contributed by atoms with Gasteiger partial charge in [-0.15, -0.1) is 0 Å². The first-order chi connectivity index (χ1) is 32.0. The summed E-state index contributed by atoms with van der Waals surface area (Å²) in [6.07, 6.45) is 65.2. The van der Waals surface area contributed by atoms with Crippen molar-refractivity contribution in [3.8, 4) is 0 Å². The van der Waals surface area contributed by atoms with Crippen LogP contribution in [0.3, 0.4) is 0 Å². The summed E-state index contributed by atoms with van der Waals surface area (Å²) in [5.74, 6) is -0.885. The Bertz CT molecular complexity index is 1140. The van der Waals surface area contributed by atoms with Crippen LogP contribution in [0.4, 0.5) is 0 Å². The van der Waals surface area contributed by atoms with Gasteiger partial charge in [-0.05, 0) is 44.9 Å². The molecule has 378 valence electrons. The van der Waals surface area contributed by atoms with Crippen molar-refractivity contribution in [2.75, 3.05) is 13.2 Å². The number of rotatable bonds is 51. The molecule has 1 unspecified atom stereocenters. The first-order valence-corrected chi connectivity index (χ1v) is 28.2. The zero-order valence-corrected chi connectivity index (χ0v) is 43.3. The molecule has 0 aliphatic carbocycles. The molecule has 0 bridgehead atoms. The zero-order valence-electron chi connectivity index (χ0n) is 43.3. The average Bonchev–Trinajstić information content (AvgIpc) is 3.30. The Kier molecular flexibility index (Phi) is 51.8. The summed E-state index contributed by atoms with van der Waals surface area (Å²) in [4.78, 5) is 38.1. The highest BCUT2D eigenvalue weighted by atomic mass is 16.6. The first kappa shape index (κ1) is 62.4. The van der Waals surface area contributed by atoms with E-state index in [-0.39, 0.29) is 31.1 Å². The summed E-state index contributed by atoms with van der Waals surface area (Å²) >= 11 is 0. The normalized spacial score (nSPS) is 12.4. The van der Waals surface area contributed by atoms with E-state index < -0.39 is 6.10 Å². The Balaban J connectivity index is 4.39. The second kappa shape index (κ2) is 54.0. The lowest BCUT2D eigenvalue weighted by Gasteiger charge is -2.18. The minimum Gasteiger partial charge on any atom is -0.462 e. The average molecular weight is 911 g/mol. The van der Waals surface area contributed by atoms with Gasteiger partial charge in [0, 0.05) is 19.3 Å². The van der Waals surface area contributed by atoms with E-state index in [2.05, 4.69) is 69.4 Å². The van der Waals surface area contributed by atoms with Crippen molar-refractivity contribution in [3.05, 3.63) is 48.6 Å². The van der Waals surface area contributed by atoms with Crippen molar-refractivity contribution in [1.29, 1.82) is 0 Å². The molecule has 0 aromatic rings. The molecule has 0 aromatic carbocycles. The molecule has 0 saturated heterocycles. The van der Waals surface area contributed by atoms with Crippen molar-refractivity contribution < 1.29 is 28.6 Å². The molecular weight excluding hydrogens is 805 g/mol. The van der Waals surface area contributed by atoms with Crippen LogP contribution in [-0.4, -0.2) is 37.2 Å². The van der Waals surface area contributed by atoms with E-state index in [0.717, 1.165) is 83.5 Å². The van der Waals surface area contributed by atoms with Crippen LogP contribution in [-0.2, 0) is 28.6 Å². The maximum Gasteiger partial charge on any atom is 0.306 e. The number of hydrogen-bond acceptors (Lipinski definition) is 6. The third-order valence-corrected chi connectivity index (χ3v) is 12.4. The third kappa shape index (κ3) is 52.2. The Morgan fingerprint density at radius 2 is 0.554 bits per heavy atom. The van der Waals surface area contributed by atoms with Crippen LogP contribution in [0.5, 0.6) is 0 Å². The Morgan fingerprint density at radius 1 is 0.308 bits per heavy atom. The van der Waals surface area contributed by atoms with Gasteiger partial charge in [0.15, 0.2) is 6.10 Å². The summed E-state index contributed by atoms with van der Waals surface area (Å²) in [7, 11) is 0. The van der Waals surface area contributed by atoms with Gasteiger partial charge in [0.25, 0.3) is 0 Å². The second-order valence-electron chi connectivity index (χ2n) is 19.0. The molecular formula is C59H106O6. The van der Waals surface area contributed by atoms with E-state index in [0.29, 0.717) is 19.3 Å². The molecule has 0 amide bonds. The lowest BCUT2D eigenvalue weighted by atomic mass is 10.0. The van der Waals surface area contributed by atoms with Gasteiger partial charge in [-0.2, -0.15) is 0 Å². The number of esters is 3. The SMILES string of the molecule is CCCCC\C=C/C=C\C=C/C=C\CCCCCCCC(=O)OCC(COC(=O)CCCCCCCCCCCCCCCC)OC(=O)CCCCCCCCCCCCCCCCC. The van der Waals surface area contributed by atoms with E-state index in [1.807, 2.05) is 0 Å². The fourth-order valence-electron chi connectivity index (χ4n) is 8.16. The summed E-state index contributed by atoms with van der Waals surface area (Å²) in [6, 6.07) is 0. The topological polar surface area (TPSA) is 78.9 Å². The highest BCUT2D eigenvalue weighted by molar-refractivity contribution is 5.71. The van der Waals surface area contributed by atoms with Gasteiger partial charge in [0.2, 0.25) is 0 Å². The summed E-state index contributed by atoms with van der Waals surface area (Å²) in [6.45, 7) is 6.62. The molecule has 0 saturated carbocycles.